The third kappa shape index (κ3) is 5.09. The smallest absolute Gasteiger partial charge is 0.271 e. The second-order valence-corrected chi connectivity index (χ2v) is 6.75. The predicted octanol–water partition coefficient (Wildman–Crippen LogP) is 1.85. The van der Waals surface area contributed by atoms with Gasteiger partial charge in [0.15, 0.2) is 0 Å². The van der Waals surface area contributed by atoms with E-state index in [1.54, 1.807) is 6.20 Å². The van der Waals surface area contributed by atoms with E-state index in [1.807, 2.05) is 6.92 Å². The Morgan fingerprint density at radius 3 is 2.27 bits per heavy atom. The van der Waals surface area contributed by atoms with E-state index in [-0.39, 0.29) is 5.91 Å². The van der Waals surface area contributed by atoms with Gasteiger partial charge in [-0.3, -0.25) is 14.7 Å². The molecular formula is C20H27N5O. The van der Waals surface area contributed by atoms with Crippen molar-refractivity contribution in [3.63, 3.8) is 0 Å². The lowest BCUT2D eigenvalue weighted by atomic mass is 10.1. The molecule has 1 fully saturated rings. The maximum atomic E-state index is 12.1. The van der Waals surface area contributed by atoms with Crippen LogP contribution in [0.15, 0.2) is 36.7 Å². The molecular weight excluding hydrogens is 326 g/mol. The van der Waals surface area contributed by atoms with Crippen molar-refractivity contribution in [3.8, 4) is 0 Å². The van der Waals surface area contributed by atoms with Crippen LogP contribution in [0.5, 0.6) is 0 Å². The summed E-state index contributed by atoms with van der Waals surface area (Å²) in [6.45, 7) is 11.3. The van der Waals surface area contributed by atoms with Crippen LogP contribution in [0, 0.1) is 6.92 Å². The minimum absolute atomic E-state index is 0.199. The number of carbonyl (C=O) groups is 1. The molecule has 1 aromatic carbocycles. The Morgan fingerprint density at radius 1 is 1.00 bits per heavy atom. The number of nitrogens with one attached hydrogen (secondary N) is 1. The molecule has 1 aliphatic heterocycles. The first-order valence-corrected chi connectivity index (χ1v) is 9.23. The van der Waals surface area contributed by atoms with Gasteiger partial charge < -0.3 is 10.2 Å². The summed E-state index contributed by atoms with van der Waals surface area (Å²) < 4.78 is 0. The third-order valence-electron chi connectivity index (χ3n) is 4.81. The van der Waals surface area contributed by atoms with E-state index in [1.165, 1.54) is 11.8 Å². The first-order chi connectivity index (χ1) is 12.6. The van der Waals surface area contributed by atoms with E-state index in [4.69, 9.17) is 0 Å². The lowest BCUT2D eigenvalue weighted by Crippen LogP contribution is -2.45. The van der Waals surface area contributed by atoms with Gasteiger partial charge in [-0.25, -0.2) is 4.98 Å². The lowest BCUT2D eigenvalue weighted by molar-refractivity contribution is 0.0945. The van der Waals surface area contributed by atoms with Crippen LogP contribution in [0.2, 0.25) is 0 Å². The highest BCUT2D eigenvalue weighted by Gasteiger charge is 2.15. The number of aromatic nitrogens is 2. The number of likely N-dealkylation sites (N-methyl/N-ethyl adjacent to an activating group) is 1. The van der Waals surface area contributed by atoms with Crippen LogP contribution in [0.4, 0.5) is 0 Å². The molecule has 0 atom stereocenters. The second kappa shape index (κ2) is 8.87. The highest BCUT2D eigenvalue weighted by atomic mass is 16.1. The van der Waals surface area contributed by atoms with Crippen LogP contribution in [-0.2, 0) is 13.1 Å². The van der Waals surface area contributed by atoms with E-state index < -0.39 is 0 Å². The zero-order valence-corrected chi connectivity index (χ0v) is 15.6. The normalized spacial score (nSPS) is 15.8. The zero-order valence-electron chi connectivity index (χ0n) is 15.6. The average molecular weight is 353 g/mol. The first-order valence-electron chi connectivity index (χ1n) is 9.23. The van der Waals surface area contributed by atoms with Gasteiger partial charge in [-0.15, -0.1) is 0 Å². The van der Waals surface area contributed by atoms with Gasteiger partial charge in [0.05, 0.1) is 11.9 Å². The molecule has 6 nitrogen and oxygen atoms in total. The number of aryl methyl sites for hydroxylation is 1. The quantitative estimate of drug-likeness (QED) is 0.859. The number of piperazine rings is 1. The van der Waals surface area contributed by atoms with Crippen molar-refractivity contribution in [2.45, 2.75) is 26.9 Å². The van der Waals surface area contributed by atoms with Crippen molar-refractivity contribution in [2.75, 3.05) is 32.7 Å². The summed E-state index contributed by atoms with van der Waals surface area (Å²) in [6, 6.07) is 8.47. The van der Waals surface area contributed by atoms with Crippen LogP contribution in [-0.4, -0.2) is 58.4 Å². The Morgan fingerprint density at radius 2 is 1.65 bits per heavy atom. The van der Waals surface area contributed by atoms with Crippen LogP contribution >= 0.6 is 0 Å². The molecule has 6 heteroatoms. The Labute approximate surface area is 155 Å². The molecule has 1 N–H and O–H groups in total. The number of nitrogens with zero attached hydrogens (tertiary/aromatic N) is 4. The molecule has 0 spiro atoms. The Balaban J connectivity index is 1.47. The average Bonchev–Trinajstić information content (AvgIpc) is 2.68. The summed E-state index contributed by atoms with van der Waals surface area (Å²) in [5.74, 6) is -0.199. The minimum atomic E-state index is -0.199. The van der Waals surface area contributed by atoms with Gasteiger partial charge in [0.25, 0.3) is 5.91 Å². The number of hydrogen-bond donors (Lipinski definition) is 1. The van der Waals surface area contributed by atoms with E-state index in [0.717, 1.165) is 50.5 Å². The highest BCUT2D eigenvalue weighted by Crippen LogP contribution is 2.10. The van der Waals surface area contributed by atoms with Gasteiger partial charge >= 0.3 is 0 Å². The van der Waals surface area contributed by atoms with E-state index in [9.17, 15) is 4.79 Å². The van der Waals surface area contributed by atoms with Crippen LogP contribution in [0.3, 0.4) is 0 Å². The van der Waals surface area contributed by atoms with Crippen LogP contribution in [0.1, 0.15) is 34.2 Å². The SMILES string of the molecule is CCN1CCN(Cc2ccc(CNC(=O)c3cnc(C)cn3)cc2)CC1. The van der Waals surface area contributed by atoms with Crippen molar-refractivity contribution in [1.82, 2.24) is 25.1 Å². The van der Waals surface area contributed by atoms with Crippen LogP contribution < -0.4 is 5.32 Å². The fourth-order valence-corrected chi connectivity index (χ4v) is 3.07. The van der Waals surface area contributed by atoms with Gasteiger partial charge in [0.2, 0.25) is 0 Å². The molecule has 0 saturated carbocycles. The molecule has 1 aliphatic rings. The second-order valence-electron chi connectivity index (χ2n) is 6.75. The summed E-state index contributed by atoms with van der Waals surface area (Å²) in [7, 11) is 0. The van der Waals surface area contributed by atoms with Gasteiger partial charge in [-0.05, 0) is 24.6 Å². The monoisotopic (exact) mass is 353 g/mol. The third-order valence-corrected chi connectivity index (χ3v) is 4.81. The van der Waals surface area contributed by atoms with Gasteiger partial charge in [-0.1, -0.05) is 31.2 Å². The van der Waals surface area contributed by atoms with Crippen molar-refractivity contribution < 1.29 is 4.79 Å². The van der Waals surface area contributed by atoms with Crippen molar-refractivity contribution >= 4 is 5.91 Å². The van der Waals surface area contributed by atoms with E-state index in [2.05, 4.69) is 56.3 Å². The molecule has 1 amide bonds. The molecule has 3 rings (SSSR count). The summed E-state index contributed by atoms with van der Waals surface area (Å²) in [4.78, 5) is 25.3. The predicted molar refractivity (Wildman–Crippen MR) is 102 cm³/mol. The molecule has 2 heterocycles. The Bertz CT molecular complexity index is 706. The number of benzene rings is 1. The summed E-state index contributed by atoms with van der Waals surface area (Å²) in [6.07, 6.45) is 3.11. The summed E-state index contributed by atoms with van der Waals surface area (Å²) in [5.41, 5.74) is 3.54. The maximum Gasteiger partial charge on any atom is 0.271 e. The van der Waals surface area contributed by atoms with E-state index in [0.29, 0.717) is 12.2 Å². The molecule has 2 aromatic rings. The molecule has 0 radical (unpaired) electrons. The van der Waals surface area contributed by atoms with Crippen molar-refractivity contribution in [1.29, 1.82) is 0 Å². The lowest BCUT2D eigenvalue weighted by Gasteiger charge is -2.34. The number of rotatable bonds is 6. The minimum Gasteiger partial charge on any atom is -0.347 e. The molecule has 0 unspecified atom stereocenters. The fourth-order valence-electron chi connectivity index (χ4n) is 3.07. The molecule has 1 aromatic heterocycles. The largest absolute Gasteiger partial charge is 0.347 e. The standard InChI is InChI=1S/C20H27N5O/c1-3-24-8-10-25(11-9-24)15-18-6-4-17(5-7-18)13-23-20(26)19-14-21-16(2)12-22-19/h4-7,12,14H,3,8-11,13,15H2,1-2H3,(H,23,26). The molecule has 138 valence electrons. The molecule has 0 aliphatic carbocycles. The Kier molecular flexibility index (Phi) is 6.30. The molecule has 0 bridgehead atoms. The van der Waals surface area contributed by atoms with E-state index >= 15 is 0 Å². The summed E-state index contributed by atoms with van der Waals surface area (Å²) >= 11 is 0. The molecule has 1 saturated heterocycles. The van der Waals surface area contributed by atoms with Gasteiger partial charge in [0.1, 0.15) is 5.69 Å². The number of carbonyl (C=O) groups excluding carboxylic acids is 1. The van der Waals surface area contributed by atoms with Gasteiger partial charge in [0, 0.05) is 45.5 Å². The van der Waals surface area contributed by atoms with Crippen molar-refractivity contribution in [2.24, 2.45) is 0 Å². The number of hydrogen-bond acceptors (Lipinski definition) is 5. The fraction of sp³-hybridized carbons (Fsp3) is 0.450. The summed E-state index contributed by atoms with van der Waals surface area (Å²) in [5, 5.41) is 2.89. The first kappa shape index (κ1) is 18.5. The zero-order chi connectivity index (χ0) is 18.4. The molecule has 26 heavy (non-hydrogen) atoms. The maximum absolute atomic E-state index is 12.1. The topological polar surface area (TPSA) is 61.4 Å². The highest BCUT2D eigenvalue weighted by molar-refractivity contribution is 5.91. The van der Waals surface area contributed by atoms with Gasteiger partial charge in [-0.2, -0.15) is 0 Å². The van der Waals surface area contributed by atoms with Crippen molar-refractivity contribution in [3.05, 3.63) is 59.2 Å². The number of amides is 1. The van der Waals surface area contributed by atoms with Crippen LogP contribution in [0.25, 0.3) is 0 Å². The Hall–Kier alpha value is -2.31.